The van der Waals surface area contributed by atoms with Crippen molar-refractivity contribution in [3.8, 4) is 5.88 Å². The van der Waals surface area contributed by atoms with E-state index in [1.165, 1.54) is 0 Å². The summed E-state index contributed by atoms with van der Waals surface area (Å²) >= 11 is 0. The number of hydrogen-bond donors (Lipinski definition) is 0. The lowest BCUT2D eigenvalue weighted by Crippen LogP contribution is -2.09. The van der Waals surface area contributed by atoms with Crippen LogP contribution < -0.4 is 4.74 Å². The molecule has 0 saturated carbocycles. The van der Waals surface area contributed by atoms with E-state index < -0.39 is 0 Å². The largest absolute Gasteiger partial charge is 0.476 e. The number of hydrogen-bond acceptors (Lipinski definition) is 3. The molecule has 3 nitrogen and oxygen atoms in total. The predicted molar refractivity (Wildman–Crippen MR) is 61.1 cm³/mol. The molecule has 1 rings (SSSR count). The van der Waals surface area contributed by atoms with E-state index in [4.69, 9.17) is 4.74 Å². The zero-order valence-electron chi connectivity index (χ0n) is 10.0. The standard InChI is InChI=1S/C12H20N2O/c1-5-10(4)8-15-12-7-13-6-11(14-12)9(2)3/h6-7,9-10H,5,8H2,1-4H3. The summed E-state index contributed by atoms with van der Waals surface area (Å²) in [5, 5.41) is 0. The number of nitrogens with zero attached hydrogens (tertiary/aromatic N) is 2. The Labute approximate surface area is 91.9 Å². The molecule has 0 aromatic carbocycles. The van der Waals surface area contributed by atoms with Gasteiger partial charge in [0.05, 0.1) is 18.5 Å². The Hall–Kier alpha value is -1.12. The molecule has 0 aliphatic carbocycles. The van der Waals surface area contributed by atoms with Crippen LogP contribution in [-0.4, -0.2) is 16.6 Å². The molecule has 0 aliphatic heterocycles. The quantitative estimate of drug-likeness (QED) is 0.746. The fourth-order valence-corrected chi connectivity index (χ4v) is 1.06. The van der Waals surface area contributed by atoms with Gasteiger partial charge >= 0.3 is 0 Å². The Balaban J connectivity index is 2.58. The molecule has 0 spiro atoms. The second-order valence-electron chi connectivity index (χ2n) is 4.26. The van der Waals surface area contributed by atoms with Crippen LogP contribution in [0.15, 0.2) is 12.4 Å². The van der Waals surface area contributed by atoms with Crippen LogP contribution in [0.3, 0.4) is 0 Å². The van der Waals surface area contributed by atoms with Gasteiger partial charge in [0.15, 0.2) is 0 Å². The van der Waals surface area contributed by atoms with Crippen molar-refractivity contribution in [2.45, 2.75) is 40.0 Å². The first-order chi connectivity index (χ1) is 7.13. The molecule has 0 amide bonds. The Kier molecular flexibility index (Phi) is 4.53. The molecule has 0 fully saturated rings. The molecule has 0 aliphatic rings. The van der Waals surface area contributed by atoms with E-state index in [-0.39, 0.29) is 0 Å². The molecular weight excluding hydrogens is 188 g/mol. The fourth-order valence-electron chi connectivity index (χ4n) is 1.06. The third-order valence-electron chi connectivity index (χ3n) is 2.44. The van der Waals surface area contributed by atoms with Gasteiger partial charge in [0.1, 0.15) is 0 Å². The van der Waals surface area contributed by atoms with Gasteiger partial charge in [-0.3, -0.25) is 4.98 Å². The average Bonchev–Trinajstić information content (AvgIpc) is 2.26. The van der Waals surface area contributed by atoms with Gasteiger partial charge in [0, 0.05) is 6.20 Å². The summed E-state index contributed by atoms with van der Waals surface area (Å²) in [4.78, 5) is 8.52. The SMILES string of the molecule is CCC(C)COc1cncc(C(C)C)n1. The van der Waals surface area contributed by atoms with Crippen LogP contribution in [0.2, 0.25) is 0 Å². The first-order valence-electron chi connectivity index (χ1n) is 5.58. The zero-order chi connectivity index (χ0) is 11.3. The molecule has 1 unspecified atom stereocenters. The van der Waals surface area contributed by atoms with E-state index in [2.05, 4.69) is 37.7 Å². The highest BCUT2D eigenvalue weighted by Gasteiger charge is 2.05. The van der Waals surface area contributed by atoms with Crippen molar-refractivity contribution in [3.63, 3.8) is 0 Å². The van der Waals surface area contributed by atoms with E-state index in [0.717, 1.165) is 12.1 Å². The first kappa shape index (κ1) is 12.0. The summed E-state index contributed by atoms with van der Waals surface area (Å²) in [5.74, 6) is 1.60. The van der Waals surface area contributed by atoms with Crippen LogP contribution in [0.5, 0.6) is 5.88 Å². The van der Waals surface area contributed by atoms with Crippen molar-refractivity contribution >= 4 is 0 Å². The van der Waals surface area contributed by atoms with Gasteiger partial charge in [-0.05, 0) is 11.8 Å². The van der Waals surface area contributed by atoms with Crippen LogP contribution in [0, 0.1) is 5.92 Å². The Morgan fingerprint density at radius 1 is 1.27 bits per heavy atom. The molecule has 0 bridgehead atoms. The van der Waals surface area contributed by atoms with Gasteiger partial charge in [-0.25, -0.2) is 4.98 Å². The fraction of sp³-hybridized carbons (Fsp3) is 0.667. The van der Waals surface area contributed by atoms with Gasteiger partial charge in [0.25, 0.3) is 0 Å². The van der Waals surface area contributed by atoms with Crippen molar-refractivity contribution in [2.24, 2.45) is 5.92 Å². The van der Waals surface area contributed by atoms with E-state index in [1.54, 1.807) is 12.4 Å². The highest BCUT2D eigenvalue weighted by Crippen LogP contribution is 2.14. The van der Waals surface area contributed by atoms with Crippen molar-refractivity contribution in [1.82, 2.24) is 9.97 Å². The van der Waals surface area contributed by atoms with Crippen LogP contribution in [-0.2, 0) is 0 Å². The predicted octanol–water partition coefficient (Wildman–Crippen LogP) is 3.02. The summed E-state index contributed by atoms with van der Waals surface area (Å²) in [6.45, 7) is 9.24. The lowest BCUT2D eigenvalue weighted by Gasteiger charge is -2.11. The Bertz CT molecular complexity index is 299. The van der Waals surface area contributed by atoms with E-state index in [1.807, 2.05) is 0 Å². The van der Waals surface area contributed by atoms with E-state index >= 15 is 0 Å². The molecule has 3 heteroatoms. The molecule has 84 valence electrons. The Morgan fingerprint density at radius 2 is 2.00 bits per heavy atom. The van der Waals surface area contributed by atoms with E-state index in [9.17, 15) is 0 Å². The van der Waals surface area contributed by atoms with Gasteiger partial charge in [-0.1, -0.05) is 34.1 Å². The van der Waals surface area contributed by atoms with Crippen LogP contribution in [0.1, 0.15) is 45.7 Å². The van der Waals surface area contributed by atoms with Gasteiger partial charge in [0.2, 0.25) is 5.88 Å². The van der Waals surface area contributed by atoms with E-state index in [0.29, 0.717) is 24.3 Å². The van der Waals surface area contributed by atoms with Crippen molar-refractivity contribution in [2.75, 3.05) is 6.61 Å². The molecule has 1 heterocycles. The summed E-state index contributed by atoms with van der Waals surface area (Å²) in [6.07, 6.45) is 4.59. The molecule has 1 aromatic heterocycles. The molecule has 0 N–H and O–H groups in total. The zero-order valence-corrected chi connectivity index (χ0v) is 10.0. The van der Waals surface area contributed by atoms with Gasteiger partial charge < -0.3 is 4.74 Å². The number of ether oxygens (including phenoxy) is 1. The highest BCUT2D eigenvalue weighted by atomic mass is 16.5. The van der Waals surface area contributed by atoms with Gasteiger partial charge in [-0.2, -0.15) is 0 Å². The second kappa shape index (κ2) is 5.69. The molecule has 0 saturated heterocycles. The van der Waals surface area contributed by atoms with Crippen molar-refractivity contribution in [3.05, 3.63) is 18.1 Å². The van der Waals surface area contributed by atoms with Gasteiger partial charge in [-0.15, -0.1) is 0 Å². The van der Waals surface area contributed by atoms with Crippen LogP contribution in [0.4, 0.5) is 0 Å². The minimum Gasteiger partial charge on any atom is -0.476 e. The molecule has 15 heavy (non-hydrogen) atoms. The van der Waals surface area contributed by atoms with Crippen LogP contribution >= 0.6 is 0 Å². The minimum absolute atomic E-state index is 0.393. The molecule has 1 aromatic rings. The third-order valence-corrected chi connectivity index (χ3v) is 2.44. The second-order valence-corrected chi connectivity index (χ2v) is 4.26. The number of aromatic nitrogens is 2. The average molecular weight is 208 g/mol. The maximum absolute atomic E-state index is 5.58. The summed E-state index contributed by atoms with van der Waals surface area (Å²) in [5.41, 5.74) is 0.983. The monoisotopic (exact) mass is 208 g/mol. The summed E-state index contributed by atoms with van der Waals surface area (Å²) < 4.78 is 5.58. The highest BCUT2D eigenvalue weighted by molar-refractivity contribution is 5.10. The van der Waals surface area contributed by atoms with Crippen LogP contribution in [0.25, 0.3) is 0 Å². The lowest BCUT2D eigenvalue weighted by molar-refractivity contribution is 0.246. The third kappa shape index (κ3) is 3.86. The maximum Gasteiger partial charge on any atom is 0.232 e. The summed E-state index contributed by atoms with van der Waals surface area (Å²) in [7, 11) is 0. The maximum atomic E-state index is 5.58. The lowest BCUT2D eigenvalue weighted by atomic mass is 10.1. The minimum atomic E-state index is 0.393. The molecule has 0 radical (unpaired) electrons. The smallest absolute Gasteiger partial charge is 0.232 e. The first-order valence-corrected chi connectivity index (χ1v) is 5.58. The Morgan fingerprint density at radius 3 is 2.60 bits per heavy atom. The van der Waals surface area contributed by atoms with Crippen molar-refractivity contribution < 1.29 is 4.74 Å². The summed E-state index contributed by atoms with van der Waals surface area (Å²) in [6, 6.07) is 0. The number of rotatable bonds is 5. The normalized spacial score (nSPS) is 12.9. The molecular formula is C12H20N2O. The van der Waals surface area contributed by atoms with Crippen molar-refractivity contribution in [1.29, 1.82) is 0 Å². The molecule has 1 atom stereocenters. The topological polar surface area (TPSA) is 35.0 Å².